The van der Waals surface area contributed by atoms with Gasteiger partial charge in [-0.3, -0.25) is 0 Å². The SMILES string of the molecule is CC(CCSC#N)c1ccccc1Br. The molecule has 0 radical (unpaired) electrons. The second-order valence-corrected chi connectivity index (χ2v) is 4.88. The fourth-order valence-electron chi connectivity index (χ4n) is 1.31. The molecule has 0 bridgehead atoms. The lowest BCUT2D eigenvalue weighted by Gasteiger charge is -2.12. The van der Waals surface area contributed by atoms with Gasteiger partial charge >= 0.3 is 0 Å². The van der Waals surface area contributed by atoms with Gasteiger partial charge in [-0.1, -0.05) is 41.1 Å². The number of thioether (sulfide) groups is 1. The summed E-state index contributed by atoms with van der Waals surface area (Å²) < 4.78 is 1.16. The van der Waals surface area contributed by atoms with Gasteiger partial charge in [-0.2, -0.15) is 5.26 Å². The molecule has 0 saturated heterocycles. The van der Waals surface area contributed by atoms with Crippen molar-refractivity contribution >= 4 is 27.7 Å². The lowest BCUT2D eigenvalue weighted by Crippen LogP contribution is -1.95. The smallest absolute Gasteiger partial charge is 0.133 e. The van der Waals surface area contributed by atoms with Crippen LogP contribution in [0.2, 0.25) is 0 Å². The maximum absolute atomic E-state index is 8.41. The Balaban J connectivity index is 2.57. The number of hydrogen-bond donors (Lipinski definition) is 0. The molecule has 1 rings (SSSR count). The summed E-state index contributed by atoms with van der Waals surface area (Å²) in [4.78, 5) is 0. The Hall–Kier alpha value is -0.460. The molecule has 0 aliphatic heterocycles. The molecule has 1 atom stereocenters. The first kappa shape index (κ1) is 11.6. The molecule has 0 heterocycles. The number of nitriles is 1. The predicted molar refractivity (Wildman–Crippen MR) is 65.2 cm³/mol. The quantitative estimate of drug-likeness (QED) is 0.606. The van der Waals surface area contributed by atoms with E-state index in [0.717, 1.165) is 16.6 Å². The van der Waals surface area contributed by atoms with E-state index in [1.165, 1.54) is 17.3 Å². The number of benzene rings is 1. The van der Waals surface area contributed by atoms with Gasteiger partial charge in [-0.15, -0.1) is 0 Å². The van der Waals surface area contributed by atoms with Gasteiger partial charge in [0, 0.05) is 10.2 Å². The van der Waals surface area contributed by atoms with Crippen LogP contribution in [0.25, 0.3) is 0 Å². The highest BCUT2D eigenvalue weighted by molar-refractivity contribution is 9.10. The summed E-state index contributed by atoms with van der Waals surface area (Å²) in [6, 6.07) is 8.26. The fourth-order valence-corrected chi connectivity index (χ4v) is 2.55. The normalized spacial score (nSPS) is 12.1. The van der Waals surface area contributed by atoms with Crippen LogP contribution in [0.4, 0.5) is 0 Å². The molecule has 1 aromatic carbocycles. The summed E-state index contributed by atoms with van der Waals surface area (Å²) in [5, 5.41) is 10.5. The Morgan fingerprint density at radius 1 is 1.50 bits per heavy atom. The molecular formula is C11H12BrNS. The number of hydrogen-bond acceptors (Lipinski definition) is 2. The molecule has 74 valence electrons. The average Bonchev–Trinajstić information content (AvgIpc) is 2.18. The lowest BCUT2D eigenvalue weighted by atomic mass is 9.99. The van der Waals surface area contributed by atoms with Gasteiger partial charge < -0.3 is 0 Å². The van der Waals surface area contributed by atoms with Crippen molar-refractivity contribution in [1.82, 2.24) is 0 Å². The molecule has 14 heavy (non-hydrogen) atoms. The summed E-state index contributed by atoms with van der Waals surface area (Å²) in [6.45, 7) is 2.19. The molecule has 0 aliphatic carbocycles. The first-order chi connectivity index (χ1) is 6.75. The molecule has 0 aromatic heterocycles. The van der Waals surface area contributed by atoms with Crippen LogP contribution in [-0.4, -0.2) is 5.75 Å². The van der Waals surface area contributed by atoms with Gasteiger partial charge in [0.05, 0.1) is 0 Å². The Kier molecular flexibility index (Phi) is 5.06. The Bertz CT molecular complexity index is 332. The van der Waals surface area contributed by atoms with Gasteiger partial charge in [0.1, 0.15) is 5.40 Å². The van der Waals surface area contributed by atoms with Crippen molar-refractivity contribution in [3.63, 3.8) is 0 Å². The van der Waals surface area contributed by atoms with Crippen LogP contribution in [0.5, 0.6) is 0 Å². The van der Waals surface area contributed by atoms with E-state index >= 15 is 0 Å². The van der Waals surface area contributed by atoms with E-state index in [1.54, 1.807) is 0 Å². The third-order valence-corrected chi connectivity index (χ3v) is 3.44. The molecule has 0 spiro atoms. The van der Waals surface area contributed by atoms with Crippen molar-refractivity contribution in [2.24, 2.45) is 0 Å². The molecule has 0 aliphatic rings. The van der Waals surface area contributed by atoms with E-state index in [1.807, 2.05) is 12.1 Å². The topological polar surface area (TPSA) is 23.8 Å². The van der Waals surface area contributed by atoms with Gasteiger partial charge in [0.25, 0.3) is 0 Å². The molecule has 0 saturated carbocycles. The highest BCUT2D eigenvalue weighted by Crippen LogP contribution is 2.27. The van der Waals surface area contributed by atoms with E-state index in [9.17, 15) is 0 Å². The predicted octanol–water partition coefficient (Wildman–Crippen LogP) is 4.16. The second kappa shape index (κ2) is 6.10. The Morgan fingerprint density at radius 2 is 2.21 bits per heavy atom. The maximum atomic E-state index is 8.41. The average molecular weight is 270 g/mol. The molecule has 0 amide bonds. The molecule has 1 unspecified atom stereocenters. The van der Waals surface area contributed by atoms with Gasteiger partial charge in [-0.05, 0) is 35.7 Å². The van der Waals surface area contributed by atoms with Gasteiger partial charge in [0.2, 0.25) is 0 Å². The fraction of sp³-hybridized carbons (Fsp3) is 0.364. The number of halogens is 1. The van der Waals surface area contributed by atoms with Crippen LogP contribution in [0.3, 0.4) is 0 Å². The van der Waals surface area contributed by atoms with E-state index in [2.05, 4.69) is 40.4 Å². The summed E-state index contributed by atoms with van der Waals surface area (Å²) in [7, 11) is 0. The van der Waals surface area contributed by atoms with Crippen LogP contribution in [0.1, 0.15) is 24.8 Å². The van der Waals surface area contributed by atoms with E-state index < -0.39 is 0 Å². The third-order valence-electron chi connectivity index (χ3n) is 2.15. The van der Waals surface area contributed by atoms with Crippen LogP contribution in [-0.2, 0) is 0 Å². The highest BCUT2D eigenvalue weighted by atomic mass is 79.9. The summed E-state index contributed by atoms with van der Waals surface area (Å²) in [6.07, 6.45) is 1.04. The molecule has 1 nitrogen and oxygen atoms in total. The van der Waals surface area contributed by atoms with E-state index in [4.69, 9.17) is 5.26 Å². The van der Waals surface area contributed by atoms with Crippen LogP contribution < -0.4 is 0 Å². The van der Waals surface area contributed by atoms with Crippen molar-refractivity contribution in [3.8, 4) is 5.40 Å². The molecular weight excluding hydrogens is 258 g/mol. The number of thiocyanates is 1. The Labute approximate surface area is 97.6 Å². The first-order valence-corrected chi connectivity index (χ1v) is 6.29. The number of rotatable bonds is 4. The molecule has 0 N–H and O–H groups in total. The van der Waals surface area contributed by atoms with Crippen molar-refractivity contribution in [1.29, 1.82) is 5.26 Å². The Morgan fingerprint density at radius 3 is 2.86 bits per heavy atom. The summed E-state index contributed by atoms with van der Waals surface area (Å²) >= 11 is 4.86. The van der Waals surface area contributed by atoms with Crippen LogP contribution in [0, 0.1) is 10.7 Å². The summed E-state index contributed by atoms with van der Waals surface area (Å²) in [5.41, 5.74) is 1.33. The van der Waals surface area contributed by atoms with E-state index in [-0.39, 0.29) is 0 Å². The lowest BCUT2D eigenvalue weighted by molar-refractivity contribution is 0.738. The van der Waals surface area contributed by atoms with Gasteiger partial charge in [0.15, 0.2) is 0 Å². The molecule has 3 heteroatoms. The third kappa shape index (κ3) is 3.36. The van der Waals surface area contributed by atoms with Crippen molar-refractivity contribution in [2.75, 3.05) is 5.75 Å². The zero-order chi connectivity index (χ0) is 10.4. The molecule has 0 fully saturated rings. The van der Waals surface area contributed by atoms with Crippen molar-refractivity contribution < 1.29 is 0 Å². The van der Waals surface area contributed by atoms with Crippen LogP contribution in [0.15, 0.2) is 28.7 Å². The molecule has 1 aromatic rings. The van der Waals surface area contributed by atoms with E-state index in [0.29, 0.717) is 5.92 Å². The number of nitrogens with zero attached hydrogens (tertiary/aromatic N) is 1. The maximum Gasteiger partial charge on any atom is 0.133 e. The van der Waals surface area contributed by atoms with Gasteiger partial charge in [-0.25, -0.2) is 0 Å². The monoisotopic (exact) mass is 269 g/mol. The van der Waals surface area contributed by atoms with Crippen molar-refractivity contribution in [3.05, 3.63) is 34.3 Å². The highest BCUT2D eigenvalue weighted by Gasteiger charge is 2.07. The minimum absolute atomic E-state index is 0.506. The minimum atomic E-state index is 0.506. The largest absolute Gasteiger partial charge is 0.185 e. The van der Waals surface area contributed by atoms with Crippen LogP contribution >= 0.6 is 27.7 Å². The minimum Gasteiger partial charge on any atom is -0.185 e. The summed E-state index contributed by atoms with van der Waals surface area (Å²) in [5.74, 6) is 1.41. The first-order valence-electron chi connectivity index (χ1n) is 4.51. The standard InChI is InChI=1S/C11H12BrNS/c1-9(6-7-14-8-13)10-4-2-3-5-11(10)12/h2-5,9H,6-7H2,1H3. The zero-order valence-electron chi connectivity index (χ0n) is 8.03. The van der Waals surface area contributed by atoms with Crippen molar-refractivity contribution in [2.45, 2.75) is 19.3 Å². The second-order valence-electron chi connectivity index (χ2n) is 3.15. The zero-order valence-corrected chi connectivity index (χ0v) is 10.4.